The van der Waals surface area contributed by atoms with Crippen molar-refractivity contribution in [1.82, 2.24) is 15.6 Å². The van der Waals surface area contributed by atoms with Crippen LogP contribution in [0, 0.1) is 0 Å². The number of hydrogen-bond acceptors (Lipinski definition) is 4. The average molecular weight is 505 g/mol. The Kier molecular flexibility index (Phi) is 9.16. The lowest BCUT2D eigenvalue weighted by molar-refractivity contribution is -0.115. The fourth-order valence-corrected chi connectivity index (χ4v) is 2.49. The first kappa shape index (κ1) is 22.4. The molecule has 3 N–H and O–H groups in total. The number of carbonyl (C=O) groups is 1. The van der Waals surface area contributed by atoms with Gasteiger partial charge in [0.15, 0.2) is 5.96 Å². The van der Waals surface area contributed by atoms with Gasteiger partial charge in [0.25, 0.3) is 0 Å². The van der Waals surface area contributed by atoms with Gasteiger partial charge >= 0.3 is 0 Å². The lowest BCUT2D eigenvalue weighted by Gasteiger charge is -2.11. The van der Waals surface area contributed by atoms with Crippen molar-refractivity contribution in [3.63, 3.8) is 0 Å². The number of nitrogens with zero attached hydrogens (tertiary/aromatic N) is 2. The largest absolute Gasteiger partial charge is 0.444 e. The van der Waals surface area contributed by atoms with Crippen molar-refractivity contribution in [3.05, 3.63) is 72.6 Å². The van der Waals surface area contributed by atoms with Gasteiger partial charge in [0.05, 0.1) is 13.1 Å². The van der Waals surface area contributed by atoms with Gasteiger partial charge in [0.2, 0.25) is 11.8 Å². The second-order valence-corrected chi connectivity index (χ2v) is 5.97. The lowest BCUT2D eigenvalue weighted by atomic mass is 10.2. The van der Waals surface area contributed by atoms with E-state index in [0.29, 0.717) is 30.6 Å². The lowest BCUT2D eigenvalue weighted by Crippen LogP contribution is -2.41. The van der Waals surface area contributed by atoms with Gasteiger partial charge in [-0.1, -0.05) is 36.4 Å². The van der Waals surface area contributed by atoms with Crippen LogP contribution in [0.1, 0.15) is 12.6 Å². The van der Waals surface area contributed by atoms with Crippen LogP contribution >= 0.6 is 24.0 Å². The number of aromatic nitrogens is 1. The Morgan fingerprint density at radius 2 is 1.72 bits per heavy atom. The van der Waals surface area contributed by atoms with Crippen molar-refractivity contribution in [2.24, 2.45) is 4.99 Å². The van der Waals surface area contributed by atoms with Crippen LogP contribution in [0.5, 0.6) is 0 Å². The Bertz CT molecular complexity index is 913. The van der Waals surface area contributed by atoms with Gasteiger partial charge in [-0.2, -0.15) is 0 Å². The van der Waals surface area contributed by atoms with Crippen molar-refractivity contribution in [2.45, 2.75) is 13.5 Å². The summed E-state index contributed by atoms with van der Waals surface area (Å²) in [4.78, 5) is 21.0. The summed E-state index contributed by atoms with van der Waals surface area (Å²) in [5.74, 6) is 0.950. The summed E-state index contributed by atoms with van der Waals surface area (Å²) < 4.78 is 5.52. The molecule has 1 heterocycles. The Hall–Kier alpha value is -2.88. The van der Waals surface area contributed by atoms with Crippen LogP contribution in [0.25, 0.3) is 11.5 Å². The molecular formula is C21H24IN5O2. The first-order valence-electron chi connectivity index (χ1n) is 9.11. The summed E-state index contributed by atoms with van der Waals surface area (Å²) in [7, 11) is 0. The topological polar surface area (TPSA) is 91.6 Å². The van der Waals surface area contributed by atoms with Crippen LogP contribution in [0.15, 0.2) is 76.3 Å². The maximum absolute atomic E-state index is 12.1. The smallest absolute Gasteiger partial charge is 0.243 e. The molecule has 0 unspecified atom stereocenters. The summed E-state index contributed by atoms with van der Waals surface area (Å²) in [6.45, 7) is 3.09. The Balaban J connectivity index is 0.00000300. The first-order chi connectivity index (χ1) is 13.7. The predicted molar refractivity (Wildman–Crippen MR) is 125 cm³/mol. The number of guanidine groups is 1. The van der Waals surface area contributed by atoms with Gasteiger partial charge in [0.1, 0.15) is 12.0 Å². The fraction of sp³-hybridized carbons (Fsp3) is 0.190. The van der Waals surface area contributed by atoms with E-state index in [2.05, 4.69) is 25.9 Å². The van der Waals surface area contributed by atoms with Crippen molar-refractivity contribution < 1.29 is 9.21 Å². The number of rotatable bonds is 7. The highest BCUT2D eigenvalue weighted by Gasteiger charge is 2.07. The van der Waals surface area contributed by atoms with Crippen LogP contribution in [0.3, 0.4) is 0 Å². The maximum atomic E-state index is 12.1. The molecule has 0 atom stereocenters. The Morgan fingerprint density at radius 3 is 2.41 bits per heavy atom. The number of nitrogens with one attached hydrogen (secondary N) is 3. The minimum Gasteiger partial charge on any atom is -0.444 e. The zero-order valence-corrected chi connectivity index (χ0v) is 18.4. The minimum absolute atomic E-state index is 0. The molecule has 29 heavy (non-hydrogen) atoms. The third-order valence-corrected chi connectivity index (χ3v) is 3.79. The number of para-hydroxylation sites is 1. The van der Waals surface area contributed by atoms with E-state index < -0.39 is 0 Å². The van der Waals surface area contributed by atoms with Gasteiger partial charge in [-0.25, -0.2) is 9.98 Å². The van der Waals surface area contributed by atoms with E-state index in [-0.39, 0.29) is 36.4 Å². The second-order valence-electron chi connectivity index (χ2n) is 5.97. The molecule has 2 aromatic carbocycles. The molecule has 3 rings (SSSR count). The van der Waals surface area contributed by atoms with Gasteiger partial charge < -0.3 is 20.4 Å². The SMILES string of the molecule is CCNC(=NCc1coc(-c2ccccc2)n1)NCC(=O)Nc1ccccc1.I. The van der Waals surface area contributed by atoms with Crippen molar-refractivity contribution in [2.75, 3.05) is 18.4 Å². The molecule has 0 aliphatic carbocycles. The molecule has 0 fully saturated rings. The van der Waals surface area contributed by atoms with E-state index in [9.17, 15) is 4.79 Å². The van der Waals surface area contributed by atoms with E-state index in [0.717, 1.165) is 11.3 Å². The molecule has 8 heteroatoms. The number of hydrogen-bond donors (Lipinski definition) is 3. The summed E-state index contributed by atoms with van der Waals surface area (Å²) in [5.41, 5.74) is 2.39. The third-order valence-electron chi connectivity index (χ3n) is 3.79. The summed E-state index contributed by atoms with van der Waals surface area (Å²) in [6.07, 6.45) is 1.59. The van der Waals surface area contributed by atoms with E-state index in [1.165, 1.54) is 0 Å². The van der Waals surface area contributed by atoms with Crippen LogP contribution in [0.4, 0.5) is 5.69 Å². The number of oxazole rings is 1. The van der Waals surface area contributed by atoms with Crippen LogP contribution in [0.2, 0.25) is 0 Å². The molecule has 0 saturated heterocycles. The zero-order chi connectivity index (χ0) is 19.6. The molecule has 0 bridgehead atoms. The maximum Gasteiger partial charge on any atom is 0.243 e. The predicted octanol–water partition coefficient (Wildman–Crippen LogP) is 3.65. The number of halogens is 1. The van der Waals surface area contributed by atoms with Gasteiger partial charge in [-0.15, -0.1) is 24.0 Å². The Labute approximate surface area is 187 Å². The molecule has 3 aromatic rings. The molecule has 0 radical (unpaired) electrons. The fourth-order valence-electron chi connectivity index (χ4n) is 2.49. The van der Waals surface area contributed by atoms with E-state index in [4.69, 9.17) is 4.42 Å². The number of carbonyl (C=O) groups excluding carboxylic acids is 1. The molecule has 0 saturated carbocycles. The summed E-state index contributed by atoms with van der Waals surface area (Å²) in [5, 5.41) is 8.95. The molecule has 0 aliphatic rings. The van der Waals surface area contributed by atoms with Crippen molar-refractivity contribution in [3.8, 4) is 11.5 Å². The van der Waals surface area contributed by atoms with E-state index in [1.807, 2.05) is 67.6 Å². The number of benzene rings is 2. The van der Waals surface area contributed by atoms with Gasteiger partial charge in [-0.05, 0) is 31.2 Å². The third kappa shape index (κ3) is 7.22. The number of aliphatic imine (C=N–C) groups is 1. The molecule has 7 nitrogen and oxygen atoms in total. The summed E-state index contributed by atoms with van der Waals surface area (Å²) >= 11 is 0. The Morgan fingerprint density at radius 1 is 1.03 bits per heavy atom. The molecule has 1 amide bonds. The van der Waals surface area contributed by atoms with Crippen LogP contribution in [-0.4, -0.2) is 29.9 Å². The highest BCUT2D eigenvalue weighted by Crippen LogP contribution is 2.18. The van der Waals surface area contributed by atoms with Crippen molar-refractivity contribution in [1.29, 1.82) is 0 Å². The quantitative estimate of drug-likeness (QED) is 0.259. The summed E-state index contributed by atoms with van der Waals surface area (Å²) in [6, 6.07) is 19.0. The zero-order valence-electron chi connectivity index (χ0n) is 16.1. The molecule has 0 aliphatic heterocycles. The van der Waals surface area contributed by atoms with E-state index >= 15 is 0 Å². The average Bonchev–Trinajstić information content (AvgIpc) is 3.20. The monoisotopic (exact) mass is 505 g/mol. The van der Waals surface area contributed by atoms with E-state index in [1.54, 1.807) is 6.26 Å². The first-order valence-corrected chi connectivity index (χ1v) is 9.11. The molecular weight excluding hydrogens is 481 g/mol. The minimum atomic E-state index is -0.149. The van der Waals surface area contributed by atoms with Crippen LogP contribution in [-0.2, 0) is 11.3 Å². The standard InChI is InChI=1S/C21H23N5O2.HI/c1-2-22-21(24-14-19(27)25-17-11-7-4-8-12-17)23-13-18-15-28-20(26-18)16-9-5-3-6-10-16;/h3-12,15H,2,13-14H2,1H3,(H,25,27)(H2,22,23,24);1H. The second kappa shape index (κ2) is 11.8. The van der Waals surface area contributed by atoms with Crippen molar-refractivity contribution >= 4 is 41.5 Å². The molecule has 152 valence electrons. The van der Waals surface area contributed by atoms with Crippen LogP contribution < -0.4 is 16.0 Å². The van der Waals surface area contributed by atoms with Gasteiger partial charge in [-0.3, -0.25) is 4.79 Å². The number of anilines is 1. The van der Waals surface area contributed by atoms with Gasteiger partial charge in [0, 0.05) is 17.8 Å². The highest BCUT2D eigenvalue weighted by molar-refractivity contribution is 14.0. The molecule has 1 aromatic heterocycles. The normalized spacial score (nSPS) is 10.7. The highest BCUT2D eigenvalue weighted by atomic mass is 127. The number of amides is 1. The molecule has 0 spiro atoms.